The minimum atomic E-state index is -3.50. The number of hydrogen-bond acceptors (Lipinski definition) is 3. The number of aromatic nitrogens is 2. The second-order valence-electron chi connectivity index (χ2n) is 3.56. The normalized spacial score (nSPS) is 12.2. The van der Waals surface area contributed by atoms with E-state index < -0.39 is 10.0 Å². The number of fused-ring (bicyclic) bond motifs is 1. The quantitative estimate of drug-likeness (QED) is 0.845. The van der Waals surface area contributed by atoms with Gasteiger partial charge in [0.25, 0.3) is 10.0 Å². The largest absolute Gasteiger partial charge is 0.300 e. The van der Waals surface area contributed by atoms with Gasteiger partial charge in [-0.1, -0.05) is 6.07 Å². The lowest BCUT2D eigenvalue weighted by Crippen LogP contribution is -2.19. The predicted molar refractivity (Wildman–Crippen MR) is 60.9 cm³/mol. The van der Waals surface area contributed by atoms with E-state index in [1.165, 1.54) is 7.05 Å². The molecule has 0 aliphatic rings. The molecule has 0 aliphatic heterocycles. The predicted octanol–water partition coefficient (Wildman–Crippen LogP) is 0.859. The molecule has 0 fully saturated rings. The van der Waals surface area contributed by atoms with Crippen molar-refractivity contribution in [1.29, 1.82) is 0 Å². The summed E-state index contributed by atoms with van der Waals surface area (Å²) in [7, 11) is -2.12. The number of rotatable bonds is 2. The monoisotopic (exact) mass is 239 g/mol. The summed E-state index contributed by atoms with van der Waals surface area (Å²) in [6.45, 7) is 3.70. The Labute approximate surface area is 94.2 Å². The molecular weight excluding hydrogens is 226 g/mol. The van der Waals surface area contributed by atoms with Gasteiger partial charge >= 0.3 is 0 Å². The van der Waals surface area contributed by atoms with Gasteiger partial charge in [0, 0.05) is 5.69 Å². The van der Waals surface area contributed by atoms with E-state index in [-0.39, 0.29) is 5.03 Å². The minimum Gasteiger partial charge on any atom is -0.300 e. The summed E-state index contributed by atoms with van der Waals surface area (Å²) in [6, 6.07) is 5.48. The van der Waals surface area contributed by atoms with Gasteiger partial charge in [0.05, 0.1) is 5.52 Å². The molecule has 0 spiro atoms. The first-order valence-corrected chi connectivity index (χ1v) is 6.34. The first-order valence-electron chi connectivity index (χ1n) is 4.85. The zero-order valence-electron chi connectivity index (χ0n) is 9.35. The van der Waals surface area contributed by atoms with Crippen LogP contribution < -0.4 is 4.72 Å². The molecule has 0 aliphatic carbocycles. The first-order chi connectivity index (χ1) is 7.47. The average Bonchev–Trinajstić information content (AvgIpc) is 2.58. The van der Waals surface area contributed by atoms with Gasteiger partial charge < -0.3 is 0 Å². The van der Waals surface area contributed by atoms with Crippen LogP contribution in [0, 0.1) is 13.8 Å². The number of hydrogen-bond donors (Lipinski definition) is 1. The summed E-state index contributed by atoms with van der Waals surface area (Å²) < 4.78 is 27.6. The van der Waals surface area contributed by atoms with E-state index in [0.717, 1.165) is 5.69 Å². The topological polar surface area (TPSA) is 63.5 Å². The molecule has 0 amide bonds. The number of nitrogens with zero attached hydrogens (tertiary/aromatic N) is 2. The van der Waals surface area contributed by atoms with Gasteiger partial charge in [-0.25, -0.2) is 18.1 Å². The number of aryl methyl sites for hydroxylation is 2. The Hall–Kier alpha value is -1.40. The highest BCUT2D eigenvalue weighted by atomic mass is 32.2. The molecule has 0 saturated carbocycles. The Morgan fingerprint density at radius 1 is 1.31 bits per heavy atom. The van der Waals surface area contributed by atoms with Crippen LogP contribution in [0.15, 0.2) is 23.2 Å². The lowest BCUT2D eigenvalue weighted by atomic mass is 10.3. The van der Waals surface area contributed by atoms with Gasteiger partial charge in [0.15, 0.2) is 5.03 Å². The molecule has 0 bridgehead atoms. The molecule has 5 nitrogen and oxygen atoms in total. The second-order valence-corrected chi connectivity index (χ2v) is 5.36. The maximum Gasteiger partial charge on any atom is 0.259 e. The van der Waals surface area contributed by atoms with E-state index in [4.69, 9.17) is 0 Å². The molecule has 0 unspecified atom stereocenters. The Morgan fingerprint density at radius 2 is 2.00 bits per heavy atom. The molecule has 0 atom stereocenters. The average molecular weight is 239 g/mol. The van der Waals surface area contributed by atoms with Crippen LogP contribution in [0.2, 0.25) is 0 Å². The third kappa shape index (κ3) is 1.50. The Bertz CT molecular complexity index is 643. The van der Waals surface area contributed by atoms with E-state index in [9.17, 15) is 8.42 Å². The lowest BCUT2D eigenvalue weighted by Gasteiger charge is -2.02. The third-order valence-corrected chi connectivity index (χ3v) is 3.86. The molecule has 16 heavy (non-hydrogen) atoms. The van der Waals surface area contributed by atoms with Crippen molar-refractivity contribution in [1.82, 2.24) is 14.1 Å². The van der Waals surface area contributed by atoms with E-state index >= 15 is 0 Å². The maximum atomic E-state index is 11.8. The summed E-state index contributed by atoms with van der Waals surface area (Å²) in [5.74, 6) is 0.668. The molecule has 0 radical (unpaired) electrons. The molecular formula is C10H13N3O2S. The summed E-state index contributed by atoms with van der Waals surface area (Å²) in [5.41, 5.74) is 1.56. The Morgan fingerprint density at radius 3 is 2.62 bits per heavy atom. The van der Waals surface area contributed by atoms with Crippen molar-refractivity contribution in [2.45, 2.75) is 18.9 Å². The minimum absolute atomic E-state index is 0.0798. The number of nitrogens with one attached hydrogen (secondary N) is 1. The van der Waals surface area contributed by atoms with Crippen molar-refractivity contribution < 1.29 is 8.42 Å². The van der Waals surface area contributed by atoms with Gasteiger partial charge in [-0.05, 0) is 33.0 Å². The highest BCUT2D eigenvalue weighted by Crippen LogP contribution is 2.19. The number of imidazole rings is 1. The summed E-state index contributed by atoms with van der Waals surface area (Å²) in [4.78, 5) is 4.11. The van der Waals surface area contributed by atoms with Crippen molar-refractivity contribution >= 4 is 15.5 Å². The summed E-state index contributed by atoms with van der Waals surface area (Å²) in [6.07, 6.45) is 0. The van der Waals surface area contributed by atoms with Gasteiger partial charge in [-0.3, -0.25) is 4.40 Å². The van der Waals surface area contributed by atoms with Crippen LogP contribution in [-0.2, 0) is 10.0 Å². The SMILES string of the molecule is CNS(=O)(=O)c1nc(C)n2c(C)cccc12. The molecule has 6 heteroatoms. The van der Waals surface area contributed by atoms with Gasteiger partial charge in [0.2, 0.25) is 0 Å². The fourth-order valence-corrected chi connectivity index (χ4v) is 2.64. The highest BCUT2D eigenvalue weighted by molar-refractivity contribution is 7.89. The van der Waals surface area contributed by atoms with Gasteiger partial charge in [-0.2, -0.15) is 0 Å². The molecule has 1 N–H and O–H groups in total. The zero-order chi connectivity index (χ0) is 11.9. The molecule has 2 aromatic rings. The van der Waals surface area contributed by atoms with Crippen LogP contribution in [0.1, 0.15) is 11.5 Å². The molecule has 2 heterocycles. The fraction of sp³-hybridized carbons (Fsp3) is 0.300. The van der Waals surface area contributed by atoms with E-state index in [1.807, 2.05) is 23.5 Å². The molecule has 2 rings (SSSR count). The van der Waals surface area contributed by atoms with Crippen LogP contribution in [0.25, 0.3) is 5.52 Å². The third-order valence-electron chi connectivity index (χ3n) is 2.51. The lowest BCUT2D eigenvalue weighted by molar-refractivity contribution is 0.586. The fourth-order valence-electron chi connectivity index (χ4n) is 1.76. The molecule has 0 saturated heterocycles. The van der Waals surface area contributed by atoms with Gasteiger partial charge in [0.1, 0.15) is 5.82 Å². The number of pyridine rings is 1. The highest BCUT2D eigenvalue weighted by Gasteiger charge is 2.20. The van der Waals surface area contributed by atoms with E-state index in [0.29, 0.717) is 11.3 Å². The zero-order valence-corrected chi connectivity index (χ0v) is 10.2. The first kappa shape index (κ1) is 11.1. The molecule has 2 aromatic heterocycles. The molecule has 86 valence electrons. The Kier molecular flexibility index (Phi) is 2.47. The maximum absolute atomic E-state index is 11.8. The molecule has 0 aromatic carbocycles. The summed E-state index contributed by atoms with van der Waals surface area (Å²) >= 11 is 0. The van der Waals surface area contributed by atoms with E-state index in [2.05, 4.69) is 9.71 Å². The number of sulfonamides is 1. The van der Waals surface area contributed by atoms with Crippen LogP contribution in [0.3, 0.4) is 0 Å². The van der Waals surface area contributed by atoms with Crippen LogP contribution in [0.4, 0.5) is 0 Å². The van der Waals surface area contributed by atoms with Crippen molar-refractivity contribution in [2.24, 2.45) is 0 Å². The van der Waals surface area contributed by atoms with Crippen LogP contribution >= 0.6 is 0 Å². The van der Waals surface area contributed by atoms with Crippen molar-refractivity contribution in [3.63, 3.8) is 0 Å². The van der Waals surface area contributed by atoms with Crippen LogP contribution in [0.5, 0.6) is 0 Å². The standard InChI is InChI=1S/C10H13N3O2S/c1-7-5-4-6-9-10(16(14,15)11-3)12-8(2)13(7)9/h4-6,11H,1-3H3. The smallest absolute Gasteiger partial charge is 0.259 e. The van der Waals surface area contributed by atoms with Crippen molar-refractivity contribution in [3.05, 3.63) is 29.7 Å². The second kappa shape index (κ2) is 3.57. The van der Waals surface area contributed by atoms with E-state index in [1.54, 1.807) is 13.0 Å². The Balaban J connectivity index is 2.90. The summed E-state index contributed by atoms with van der Waals surface area (Å²) in [5, 5.41) is 0.0798. The van der Waals surface area contributed by atoms with Crippen molar-refractivity contribution in [3.8, 4) is 0 Å². The van der Waals surface area contributed by atoms with Crippen molar-refractivity contribution in [2.75, 3.05) is 7.05 Å². The van der Waals surface area contributed by atoms with Crippen LogP contribution in [-0.4, -0.2) is 24.9 Å². The van der Waals surface area contributed by atoms with Gasteiger partial charge in [-0.15, -0.1) is 0 Å².